The molecule has 0 aliphatic heterocycles. The van der Waals surface area contributed by atoms with Crippen molar-refractivity contribution in [1.29, 1.82) is 0 Å². The smallest absolute Gasteiger partial charge is 0.119 e. The third kappa shape index (κ3) is 7.27. The van der Waals surface area contributed by atoms with Crippen molar-refractivity contribution in [2.24, 2.45) is 5.92 Å². The highest BCUT2D eigenvalue weighted by atomic mass is 79.9. The summed E-state index contributed by atoms with van der Waals surface area (Å²) < 4.78 is 11.9. The van der Waals surface area contributed by atoms with Crippen LogP contribution in [-0.2, 0) is 11.3 Å². The molecular formula is C16H26BrNO2. The van der Waals surface area contributed by atoms with Crippen LogP contribution in [0.1, 0.15) is 32.3 Å². The molecule has 0 unspecified atom stereocenters. The van der Waals surface area contributed by atoms with Gasteiger partial charge >= 0.3 is 0 Å². The molecule has 20 heavy (non-hydrogen) atoms. The minimum absolute atomic E-state index is 0.725. The van der Waals surface area contributed by atoms with Crippen molar-refractivity contribution in [2.45, 2.75) is 33.2 Å². The second-order valence-corrected chi connectivity index (χ2v) is 6.16. The fourth-order valence-corrected chi connectivity index (χ4v) is 2.24. The van der Waals surface area contributed by atoms with E-state index in [0.29, 0.717) is 0 Å². The number of ether oxygens (including phenoxy) is 2. The van der Waals surface area contributed by atoms with E-state index in [4.69, 9.17) is 9.47 Å². The molecule has 0 aliphatic carbocycles. The molecule has 1 N–H and O–H groups in total. The van der Waals surface area contributed by atoms with Crippen LogP contribution in [0.4, 0.5) is 0 Å². The molecule has 0 saturated heterocycles. The van der Waals surface area contributed by atoms with Crippen molar-refractivity contribution < 1.29 is 9.47 Å². The van der Waals surface area contributed by atoms with Crippen molar-refractivity contribution >= 4 is 15.9 Å². The molecule has 0 amide bonds. The lowest BCUT2D eigenvalue weighted by atomic mass is 10.1. The van der Waals surface area contributed by atoms with Crippen molar-refractivity contribution in [1.82, 2.24) is 5.32 Å². The summed E-state index contributed by atoms with van der Waals surface area (Å²) in [6.07, 6.45) is 2.32. The molecular weight excluding hydrogens is 318 g/mol. The summed E-state index contributed by atoms with van der Waals surface area (Å²) in [5, 5.41) is 3.34. The van der Waals surface area contributed by atoms with Crippen molar-refractivity contribution in [3.63, 3.8) is 0 Å². The van der Waals surface area contributed by atoms with Crippen LogP contribution in [0.3, 0.4) is 0 Å². The number of benzene rings is 1. The molecule has 0 fully saturated rings. The Morgan fingerprint density at radius 3 is 2.75 bits per heavy atom. The lowest BCUT2D eigenvalue weighted by molar-refractivity contribution is 0.199. The molecule has 0 saturated carbocycles. The third-order valence-electron chi connectivity index (χ3n) is 3.01. The predicted molar refractivity (Wildman–Crippen MR) is 87.3 cm³/mol. The largest absolute Gasteiger partial charge is 0.494 e. The molecule has 0 bridgehead atoms. The third-order valence-corrected chi connectivity index (χ3v) is 3.78. The van der Waals surface area contributed by atoms with Crippen molar-refractivity contribution in [3.05, 3.63) is 28.2 Å². The lowest BCUT2D eigenvalue weighted by Gasteiger charge is -2.11. The van der Waals surface area contributed by atoms with Gasteiger partial charge in [0.2, 0.25) is 0 Å². The van der Waals surface area contributed by atoms with E-state index in [-0.39, 0.29) is 0 Å². The van der Waals surface area contributed by atoms with Crippen LogP contribution in [-0.4, -0.2) is 26.9 Å². The summed E-state index contributed by atoms with van der Waals surface area (Å²) >= 11 is 3.57. The average molecular weight is 344 g/mol. The van der Waals surface area contributed by atoms with Crippen LogP contribution < -0.4 is 10.1 Å². The molecule has 0 heterocycles. The Kier molecular flexibility index (Phi) is 8.90. The Morgan fingerprint density at radius 2 is 2.05 bits per heavy atom. The van der Waals surface area contributed by atoms with Crippen LogP contribution in [0.5, 0.6) is 5.75 Å². The second-order valence-electron chi connectivity index (χ2n) is 5.31. The summed E-state index contributed by atoms with van der Waals surface area (Å²) in [6.45, 7) is 7.65. The Bertz CT molecular complexity index is 383. The van der Waals surface area contributed by atoms with E-state index in [1.807, 2.05) is 12.1 Å². The first-order valence-electron chi connectivity index (χ1n) is 7.24. The molecule has 4 heteroatoms. The maximum atomic E-state index is 5.81. The van der Waals surface area contributed by atoms with Crippen LogP contribution in [0.15, 0.2) is 22.7 Å². The highest BCUT2D eigenvalue weighted by molar-refractivity contribution is 9.10. The van der Waals surface area contributed by atoms with E-state index in [2.05, 4.69) is 41.2 Å². The van der Waals surface area contributed by atoms with Gasteiger partial charge in [0.25, 0.3) is 0 Å². The Balaban J connectivity index is 2.40. The summed E-state index contributed by atoms with van der Waals surface area (Å²) in [6, 6.07) is 6.16. The Labute approximate surface area is 131 Å². The standard InChI is InChI=1S/C16H26BrNO2/c1-13(2)5-4-9-20-15-6-7-16(17)14(11-15)12-18-8-10-19-3/h6-7,11,13,18H,4-5,8-10,12H2,1-3H3. The molecule has 0 aliphatic rings. The summed E-state index contributed by atoms with van der Waals surface area (Å²) in [5.74, 6) is 1.68. The Morgan fingerprint density at radius 1 is 1.25 bits per heavy atom. The van der Waals surface area contributed by atoms with E-state index in [1.54, 1.807) is 7.11 Å². The molecule has 0 spiro atoms. The van der Waals surface area contributed by atoms with Gasteiger partial charge in [0.1, 0.15) is 5.75 Å². The first-order chi connectivity index (χ1) is 9.63. The Hall–Kier alpha value is -0.580. The summed E-state index contributed by atoms with van der Waals surface area (Å²) in [7, 11) is 1.71. The highest BCUT2D eigenvalue weighted by Crippen LogP contribution is 2.23. The molecule has 1 rings (SSSR count). The van der Waals surface area contributed by atoms with Gasteiger partial charge in [-0.3, -0.25) is 0 Å². The van der Waals surface area contributed by atoms with Crippen LogP contribution in [0, 0.1) is 5.92 Å². The maximum Gasteiger partial charge on any atom is 0.119 e. The summed E-state index contributed by atoms with van der Waals surface area (Å²) in [5.41, 5.74) is 1.21. The number of rotatable bonds is 10. The van der Waals surface area contributed by atoms with Gasteiger partial charge in [-0.1, -0.05) is 29.8 Å². The zero-order chi connectivity index (χ0) is 14.8. The molecule has 0 atom stereocenters. The zero-order valence-corrected chi connectivity index (χ0v) is 14.3. The zero-order valence-electron chi connectivity index (χ0n) is 12.7. The van der Waals surface area contributed by atoms with Crippen molar-refractivity contribution in [2.75, 3.05) is 26.9 Å². The quantitative estimate of drug-likeness (QED) is 0.651. The van der Waals surface area contributed by atoms with Gasteiger partial charge in [0.15, 0.2) is 0 Å². The lowest BCUT2D eigenvalue weighted by Crippen LogP contribution is -2.18. The molecule has 1 aromatic carbocycles. The number of nitrogens with one attached hydrogen (secondary N) is 1. The summed E-state index contributed by atoms with van der Waals surface area (Å²) in [4.78, 5) is 0. The first kappa shape index (κ1) is 17.5. The van der Waals surface area contributed by atoms with Gasteiger partial charge in [-0.05, 0) is 42.5 Å². The molecule has 1 aromatic rings. The van der Waals surface area contributed by atoms with Crippen LogP contribution >= 0.6 is 15.9 Å². The fourth-order valence-electron chi connectivity index (χ4n) is 1.86. The molecule has 114 valence electrons. The normalized spacial score (nSPS) is 11.1. The van der Waals surface area contributed by atoms with Gasteiger partial charge in [0.05, 0.1) is 13.2 Å². The SMILES string of the molecule is COCCNCc1cc(OCCCC(C)C)ccc1Br. The first-order valence-corrected chi connectivity index (χ1v) is 8.03. The minimum atomic E-state index is 0.725. The van der Waals surface area contributed by atoms with Gasteiger partial charge in [-0.15, -0.1) is 0 Å². The number of methoxy groups -OCH3 is 1. The average Bonchev–Trinajstić information content (AvgIpc) is 2.42. The predicted octanol–water partition coefficient (Wildman–Crippen LogP) is 4.00. The molecule has 0 radical (unpaired) electrons. The van der Waals surface area contributed by atoms with Gasteiger partial charge in [-0.2, -0.15) is 0 Å². The van der Waals surface area contributed by atoms with Gasteiger partial charge in [0, 0.05) is 24.7 Å². The van der Waals surface area contributed by atoms with Crippen LogP contribution in [0.2, 0.25) is 0 Å². The topological polar surface area (TPSA) is 30.5 Å². The number of hydrogen-bond donors (Lipinski definition) is 1. The van der Waals surface area contributed by atoms with E-state index >= 15 is 0 Å². The highest BCUT2D eigenvalue weighted by Gasteiger charge is 2.03. The van der Waals surface area contributed by atoms with E-state index in [9.17, 15) is 0 Å². The van der Waals surface area contributed by atoms with Crippen LogP contribution in [0.25, 0.3) is 0 Å². The number of hydrogen-bond acceptors (Lipinski definition) is 3. The van der Waals surface area contributed by atoms with E-state index < -0.39 is 0 Å². The van der Waals surface area contributed by atoms with Gasteiger partial charge in [-0.25, -0.2) is 0 Å². The van der Waals surface area contributed by atoms with Crippen molar-refractivity contribution in [3.8, 4) is 5.75 Å². The van der Waals surface area contributed by atoms with Gasteiger partial charge < -0.3 is 14.8 Å². The number of halogens is 1. The van der Waals surface area contributed by atoms with E-state index in [1.165, 1.54) is 12.0 Å². The monoisotopic (exact) mass is 343 g/mol. The molecule has 3 nitrogen and oxygen atoms in total. The second kappa shape index (κ2) is 10.2. The van der Waals surface area contributed by atoms with E-state index in [0.717, 1.165) is 48.9 Å². The minimum Gasteiger partial charge on any atom is -0.494 e. The molecule has 0 aromatic heterocycles. The fraction of sp³-hybridized carbons (Fsp3) is 0.625. The maximum absolute atomic E-state index is 5.81.